The van der Waals surface area contributed by atoms with E-state index in [1.807, 2.05) is 11.9 Å². The average Bonchev–Trinajstić information content (AvgIpc) is 2.42. The molecule has 8 heteroatoms. The fraction of sp³-hybridized carbons (Fsp3) is 0.533. The highest BCUT2D eigenvalue weighted by Gasteiger charge is 2.36. The zero-order chi connectivity index (χ0) is 17.2. The van der Waals surface area contributed by atoms with Crippen LogP contribution >= 0.6 is 0 Å². The molecular formula is C15H18F4N2OS. The fourth-order valence-corrected chi connectivity index (χ4v) is 3.55. The zero-order valence-corrected chi connectivity index (χ0v) is 13.7. The Morgan fingerprint density at radius 3 is 2.61 bits per heavy atom. The fourth-order valence-electron chi connectivity index (χ4n) is 2.43. The highest BCUT2D eigenvalue weighted by molar-refractivity contribution is 7.91. The van der Waals surface area contributed by atoms with E-state index in [9.17, 15) is 22.1 Å². The van der Waals surface area contributed by atoms with Gasteiger partial charge in [-0.25, -0.2) is 9.38 Å². The lowest BCUT2D eigenvalue weighted by molar-refractivity contribution is -0.106. The molecule has 128 valence electrons. The molecule has 0 amide bonds. The Labute approximate surface area is 135 Å². The molecule has 0 aromatic heterocycles. The summed E-state index contributed by atoms with van der Waals surface area (Å²) in [6.07, 6.45) is -1.90. The van der Waals surface area contributed by atoms with Crippen LogP contribution < -0.4 is 0 Å². The molecule has 1 unspecified atom stereocenters. The number of rotatable bonds is 3. The van der Waals surface area contributed by atoms with Crippen LogP contribution in [0.25, 0.3) is 0 Å². The van der Waals surface area contributed by atoms with Crippen LogP contribution in [-0.2, 0) is 11.2 Å². The molecule has 0 spiro atoms. The van der Waals surface area contributed by atoms with Gasteiger partial charge in [-0.15, -0.1) is 0 Å². The number of alkyl halides is 3. The van der Waals surface area contributed by atoms with Crippen LogP contribution in [0.3, 0.4) is 0 Å². The molecule has 2 rings (SSSR count). The normalized spacial score (nSPS) is 19.3. The molecule has 23 heavy (non-hydrogen) atoms. The molecule has 1 fully saturated rings. The first-order valence-corrected chi connectivity index (χ1v) is 8.53. The van der Waals surface area contributed by atoms with Crippen molar-refractivity contribution in [2.24, 2.45) is 4.99 Å². The van der Waals surface area contributed by atoms with Crippen LogP contribution in [-0.4, -0.2) is 40.8 Å². The monoisotopic (exact) mass is 350 g/mol. The molecule has 1 atom stereocenters. The summed E-state index contributed by atoms with van der Waals surface area (Å²) < 4.78 is 63.3. The maximum atomic E-state index is 14.1. The summed E-state index contributed by atoms with van der Waals surface area (Å²) in [6, 6.07) is 2.26. The second-order valence-electron chi connectivity index (χ2n) is 5.58. The number of likely N-dealkylation sites (tertiary alicyclic amines) is 1. The summed E-state index contributed by atoms with van der Waals surface area (Å²) in [7, 11) is 1.84. The van der Waals surface area contributed by atoms with Gasteiger partial charge in [0.15, 0.2) is 4.90 Å². The smallest absolute Gasteiger partial charge is 0.433 e. The van der Waals surface area contributed by atoms with Gasteiger partial charge in [-0.3, -0.25) is 0 Å². The molecule has 1 saturated heterocycles. The van der Waals surface area contributed by atoms with Gasteiger partial charge < -0.3 is 9.45 Å². The lowest BCUT2D eigenvalue weighted by Crippen LogP contribution is -2.31. The van der Waals surface area contributed by atoms with Crippen molar-refractivity contribution >= 4 is 22.7 Å². The Bertz CT molecular complexity index is 604. The third kappa shape index (κ3) is 4.84. The van der Waals surface area contributed by atoms with Crippen molar-refractivity contribution in [1.29, 1.82) is 0 Å². The lowest BCUT2D eigenvalue weighted by Gasteiger charge is -2.26. The lowest BCUT2D eigenvalue weighted by atomic mass is 10.1. The van der Waals surface area contributed by atoms with Gasteiger partial charge in [-0.1, -0.05) is 0 Å². The van der Waals surface area contributed by atoms with Crippen molar-refractivity contribution in [3.63, 3.8) is 0 Å². The molecule has 0 radical (unpaired) electrons. The minimum Gasteiger partial charge on any atom is -0.611 e. The first-order valence-electron chi connectivity index (χ1n) is 7.21. The molecule has 0 N–H and O–H groups in total. The first kappa shape index (κ1) is 18.1. The van der Waals surface area contributed by atoms with E-state index in [-0.39, 0.29) is 16.1 Å². The summed E-state index contributed by atoms with van der Waals surface area (Å²) in [5, 5.41) is 0. The molecule has 0 saturated carbocycles. The summed E-state index contributed by atoms with van der Waals surface area (Å²) in [5.74, 6) is -1.39. The molecule has 1 aromatic rings. The third-order valence-electron chi connectivity index (χ3n) is 3.62. The van der Waals surface area contributed by atoms with Gasteiger partial charge in [0.25, 0.3) is 0 Å². The minimum absolute atomic E-state index is 0.0264. The van der Waals surface area contributed by atoms with Gasteiger partial charge in [-0.2, -0.15) is 13.2 Å². The van der Waals surface area contributed by atoms with Crippen molar-refractivity contribution in [2.45, 2.75) is 37.3 Å². The summed E-state index contributed by atoms with van der Waals surface area (Å²) in [6.45, 7) is 2.25. The number of hydrogen-bond donors (Lipinski definition) is 0. The Morgan fingerprint density at radius 2 is 2.00 bits per heavy atom. The number of aryl methyl sites for hydroxylation is 1. The third-order valence-corrected chi connectivity index (χ3v) is 5.14. The molecule has 3 nitrogen and oxygen atoms in total. The van der Waals surface area contributed by atoms with E-state index in [0.717, 1.165) is 25.5 Å². The Morgan fingerprint density at radius 1 is 1.30 bits per heavy atom. The number of nitrogens with zero attached hydrogens (tertiary/aromatic N) is 2. The summed E-state index contributed by atoms with van der Waals surface area (Å²) in [5.41, 5.74) is 0.163. The standard InChI is InChI=1S/C15H18F4N2OS/c1-10-7-11(16)12(20-14-5-3-4-6-21(14)2)8-13(10)23(22)9-15(17,18)19/h7-8H,3-6,9H2,1-2H3/b20-14+. The topological polar surface area (TPSA) is 38.7 Å². The Kier molecular flexibility index (Phi) is 5.57. The first-order chi connectivity index (χ1) is 10.7. The van der Waals surface area contributed by atoms with Crippen molar-refractivity contribution in [1.82, 2.24) is 4.90 Å². The van der Waals surface area contributed by atoms with Crippen LogP contribution in [0.5, 0.6) is 0 Å². The minimum atomic E-state index is -4.54. The number of hydrogen-bond acceptors (Lipinski definition) is 2. The molecule has 0 aliphatic carbocycles. The maximum absolute atomic E-state index is 14.1. The van der Waals surface area contributed by atoms with Crippen LogP contribution in [0.15, 0.2) is 22.0 Å². The second-order valence-corrected chi connectivity index (χ2v) is 7.00. The van der Waals surface area contributed by atoms with Crippen LogP contribution in [0, 0.1) is 12.7 Å². The van der Waals surface area contributed by atoms with Crippen molar-refractivity contribution in [2.75, 3.05) is 19.3 Å². The highest BCUT2D eigenvalue weighted by atomic mass is 32.2. The molecule has 1 aliphatic heterocycles. The Balaban J connectivity index is 2.34. The van der Waals surface area contributed by atoms with Crippen molar-refractivity contribution in [3.8, 4) is 0 Å². The number of halogens is 4. The predicted octanol–water partition coefficient (Wildman–Crippen LogP) is 3.95. The van der Waals surface area contributed by atoms with Crippen molar-refractivity contribution in [3.05, 3.63) is 23.5 Å². The van der Waals surface area contributed by atoms with Gasteiger partial charge >= 0.3 is 6.18 Å². The van der Waals surface area contributed by atoms with E-state index in [1.54, 1.807) is 0 Å². The number of aliphatic imine (C=N–C) groups is 1. The number of piperidine rings is 1. The van der Waals surface area contributed by atoms with Gasteiger partial charge in [0.1, 0.15) is 17.3 Å². The van der Waals surface area contributed by atoms with Crippen LogP contribution in [0.2, 0.25) is 0 Å². The Hall–Kier alpha value is -1.28. The van der Waals surface area contributed by atoms with E-state index in [4.69, 9.17) is 0 Å². The summed E-state index contributed by atoms with van der Waals surface area (Å²) >= 11 is -2.27. The second kappa shape index (κ2) is 7.09. The van der Waals surface area contributed by atoms with E-state index in [1.165, 1.54) is 13.0 Å². The van der Waals surface area contributed by atoms with E-state index in [0.29, 0.717) is 12.3 Å². The highest BCUT2D eigenvalue weighted by Crippen LogP contribution is 2.30. The van der Waals surface area contributed by atoms with Gasteiger partial charge in [0.05, 0.1) is 0 Å². The predicted molar refractivity (Wildman–Crippen MR) is 82.0 cm³/mol. The van der Waals surface area contributed by atoms with Gasteiger partial charge in [-0.05, 0) is 37.0 Å². The molecule has 1 aromatic carbocycles. The molecule has 1 aliphatic rings. The van der Waals surface area contributed by atoms with Crippen LogP contribution in [0.1, 0.15) is 24.8 Å². The SMILES string of the molecule is Cc1cc(F)c(/N=C2\CCCCN2C)cc1[S+]([O-])CC(F)(F)F. The van der Waals surface area contributed by atoms with E-state index < -0.39 is 28.9 Å². The largest absolute Gasteiger partial charge is 0.611 e. The molecular weight excluding hydrogens is 332 g/mol. The molecule has 0 bridgehead atoms. The summed E-state index contributed by atoms with van der Waals surface area (Å²) in [4.78, 5) is 6.10. The average molecular weight is 350 g/mol. The van der Waals surface area contributed by atoms with Gasteiger partial charge in [0.2, 0.25) is 5.75 Å². The van der Waals surface area contributed by atoms with Crippen LogP contribution in [0.4, 0.5) is 23.2 Å². The van der Waals surface area contributed by atoms with Crippen molar-refractivity contribution < 1.29 is 22.1 Å². The zero-order valence-electron chi connectivity index (χ0n) is 12.9. The molecule has 1 heterocycles. The number of amidine groups is 1. The van der Waals surface area contributed by atoms with E-state index in [2.05, 4.69) is 4.99 Å². The van der Waals surface area contributed by atoms with E-state index >= 15 is 0 Å². The van der Waals surface area contributed by atoms with Gasteiger partial charge in [0, 0.05) is 31.6 Å². The maximum Gasteiger partial charge on any atom is 0.433 e. The quantitative estimate of drug-likeness (QED) is 0.612. The number of benzene rings is 1.